The first-order valence-corrected chi connectivity index (χ1v) is 11.8. The van der Waals surface area contributed by atoms with Crippen LogP contribution in [0.5, 0.6) is 11.5 Å². The van der Waals surface area contributed by atoms with Crippen molar-refractivity contribution in [3.63, 3.8) is 0 Å². The number of ether oxygens (including phenoxy) is 2. The molecule has 3 aliphatic heterocycles. The van der Waals surface area contributed by atoms with Crippen LogP contribution in [0, 0.1) is 11.8 Å². The predicted molar refractivity (Wildman–Crippen MR) is 128 cm³/mol. The third-order valence-electron chi connectivity index (χ3n) is 7.18. The van der Waals surface area contributed by atoms with E-state index in [1.54, 1.807) is 14.2 Å². The van der Waals surface area contributed by atoms with Crippen molar-refractivity contribution >= 4 is 5.91 Å². The Labute approximate surface area is 199 Å². The van der Waals surface area contributed by atoms with Gasteiger partial charge in [0.15, 0.2) is 0 Å². The highest BCUT2D eigenvalue weighted by Gasteiger charge is 2.43. The molecule has 3 fully saturated rings. The lowest BCUT2D eigenvalue weighted by molar-refractivity contribution is -0.133. The number of aromatic nitrogens is 3. The summed E-state index contributed by atoms with van der Waals surface area (Å²) >= 11 is 0. The summed E-state index contributed by atoms with van der Waals surface area (Å²) < 4.78 is 12.6. The molecule has 3 saturated heterocycles. The maximum atomic E-state index is 13.0. The van der Waals surface area contributed by atoms with E-state index in [0.717, 1.165) is 60.8 Å². The van der Waals surface area contributed by atoms with E-state index in [2.05, 4.69) is 20.5 Å². The fourth-order valence-corrected chi connectivity index (χ4v) is 5.29. The van der Waals surface area contributed by atoms with Crippen LogP contribution in [0.15, 0.2) is 54.7 Å². The number of para-hydroxylation sites is 1. The quantitative estimate of drug-likeness (QED) is 0.556. The molecule has 2 bridgehead atoms. The fourth-order valence-electron chi connectivity index (χ4n) is 5.29. The number of nitrogens with zero attached hydrogens (tertiary/aromatic N) is 4. The normalized spacial score (nSPS) is 23.5. The number of benzene rings is 2. The average Bonchev–Trinajstić information content (AvgIpc) is 3.36. The van der Waals surface area contributed by atoms with Crippen LogP contribution in [0.4, 0.5) is 0 Å². The number of carbonyl (C=O) groups is 1. The number of rotatable bonds is 8. The summed E-state index contributed by atoms with van der Waals surface area (Å²) in [7, 11) is 3.32. The largest absolute Gasteiger partial charge is 0.497 e. The Bertz CT molecular complexity index is 1130. The van der Waals surface area contributed by atoms with Crippen molar-refractivity contribution in [1.29, 1.82) is 0 Å². The zero-order valence-electron chi connectivity index (χ0n) is 19.7. The Balaban J connectivity index is 1.18. The van der Waals surface area contributed by atoms with E-state index in [1.807, 2.05) is 59.4 Å². The highest BCUT2D eigenvalue weighted by Crippen LogP contribution is 2.37. The molecule has 1 aromatic heterocycles. The van der Waals surface area contributed by atoms with Gasteiger partial charge in [0, 0.05) is 30.3 Å². The Hall–Kier alpha value is -3.39. The minimum absolute atomic E-state index is 0.0327. The van der Waals surface area contributed by atoms with E-state index in [0.29, 0.717) is 18.5 Å². The predicted octanol–water partition coefficient (Wildman–Crippen LogP) is 2.99. The third-order valence-corrected chi connectivity index (χ3v) is 7.18. The molecule has 0 saturated carbocycles. The average molecular weight is 462 g/mol. The van der Waals surface area contributed by atoms with E-state index < -0.39 is 0 Å². The fraction of sp³-hybridized carbons (Fsp3) is 0.423. The van der Waals surface area contributed by atoms with Crippen molar-refractivity contribution in [2.45, 2.75) is 32.0 Å². The number of methoxy groups -OCH3 is 2. The highest BCUT2D eigenvalue weighted by atomic mass is 16.5. The number of amides is 1. The second-order valence-electron chi connectivity index (χ2n) is 9.12. The van der Waals surface area contributed by atoms with Crippen LogP contribution in [-0.2, 0) is 17.9 Å². The van der Waals surface area contributed by atoms with Crippen molar-refractivity contribution < 1.29 is 14.3 Å². The van der Waals surface area contributed by atoms with Gasteiger partial charge in [-0.1, -0.05) is 23.4 Å². The maximum absolute atomic E-state index is 13.0. The summed E-state index contributed by atoms with van der Waals surface area (Å²) in [6, 6.07) is 16.0. The van der Waals surface area contributed by atoms with Crippen molar-refractivity contribution in [2.75, 3.05) is 27.3 Å². The van der Waals surface area contributed by atoms with Gasteiger partial charge in [-0.25, -0.2) is 0 Å². The summed E-state index contributed by atoms with van der Waals surface area (Å²) in [5.41, 5.74) is 2.87. The zero-order valence-corrected chi connectivity index (χ0v) is 19.7. The lowest BCUT2D eigenvalue weighted by Gasteiger charge is -2.49. The molecule has 1 amide bonds. The summed E-state index contributed by atoms with van der Waals surface area (Å²) in [4.78, 5) is 15.5. The molecule has 4 atom stereocenters. The lowest BCUT2D eigenvalue weighted by Crippen LogP contribution is -2.58. The number of nitrogens with one attached hydrogen (secondary N) is 1. The molecule has 8 nitrogen and oxygen atoms in total. The van der Waals surface area contributed by atoms with E-state index in [9.17, 15) is 4.79 Å². The van der Waals surface area contributed by atoms with Crippen LogP contribution in [0.25, 0.3) is 11.3 Å². The summed E-state index contributed by atoms with van der Waals surface area (Å²) in [6.07, 6.45) is 4.07. The minimum Gasteiger partial charge on any atom is -0.497 e. The Kier molecular flexibility index (Phi) is 6.49. The van der Waals surface area contributed by atoms with Gasteiger partial charge in [0.2, 0.25) is 5.91 Å². The van der Waals surface area contributed by atoms with Gasteiger partial charge in [0.05, 0.1) is 32.9 Å². The Morgan fingerprint density at radius 3 is 2.68 bits per heavy atom. The van der Waals surface area contributed by atoms with Gasteiger partial charge < -0.3 is 14.8 Å². The van der Waals surface area contributed by atoms with Crippen LogP contribution in [0.2, 0.25) is 0 Å². The van der Waals surface area contributed by atoms with Crippen LogP contribution in [0.3, 0.4) is 0 Å². The first-order valence-electron chi connectivity index (χ1n) is 11.8. The van der Waals surface area contributed by atoms with Crippen molar-refractivity contribution in [2.24, 2.45) is 11.8 Å². The van der Waals surface area contributed by atoms with Gasteiger partial charge >= 0.3 is 0 Å². The second kappa shape index (κ2) is 9.85. The maximum Gasteiger partial charge on any atom is 0.224 e. The molecule has 1 N–H and O–H groups in total. The molecular weight excluding hydrogens is 430 g/mol. The van der Waals surface area contributed by atoms with Crippen LogP contribution >= 0.6 is 0 Å². The third kappa shape index (κ3) is 4.63. The molecule has 0 spiro atoms. The van der Waals surface area contributed by atoms with Crippen LogP contribution < -0.4 is 14.8 Å². The first kappa shape index (κ1) is 22.4. The molecule has 1 unspecified atom stereocenters. The van der Waals surface area contributed by atoms with Crippen molar-refractivity contribution in [1.82, 2.24) is 25.2 Å². The van der Waals surface area contributed by atoms with Gasteiger partial charge in [0.1, 0.15) is 17.2 Å². The monoisotopic (exact) mass is 461 g/mol. The van der Waals surface area contributed by atoms with E-state index in [-0.39, 0.29) is 11.8 Å². The highest BCUT2D eigenvalue weighted by molar-refractivity contribution is 5.79. The van der Waals surface area contributed by atoms with Crippen molar-refractivity contribution in [3.05, 3.63) is 60.3 Å². The molecule has 3 aliphatic rings. The van der Waals surface area contributed by atoms with Crippen molar-refractivity contribution in [3.8, 4) is 22.8 Å². The number of hydrogen-bond acceptors (Lipinski definition) is 6. The molecule has 4 heterocycles. The Morgan fingerprint density at radius 1 is 1.12 bits per heavy atom. The van der Waals surface area contributed by atoms with Gasteiger partial charge in [-0.05, 0) is 55.6 Å². The summed E-state index contributed by atoms with van der Waals surface area (Å²) in [5.74, 6) is 2.20. The van der Waals surface area contributed by atoms with Gasteiger partial charge in [0.25, 0.3) is 0 Å². The van der Waals surface area contributed by atoms with E-state index in [4.69, 9.17) is 9.47 Å². The van der Waals surface area contributed by atoms with Crippen LogP contribution in [0.1, 0.15) is 18.4 Å². The molecule has 3 aromatic rings. The summed E-state index contributed by atoms with van der Waals surface area (Å²) in [6.45, 7) is 3.11. The molecular formula is C26H31N5O3. The summed E-state index contributed by atoms with van der Waals surface area (Å²) in [5, 5.41) is 11.9. The molecule has 0 radical (unpaired) electrons. The number of piperidine rings is 3. The first-order chi connectivity index (χ1) is 16.6. The van der Waals surface area contributed by atoms with Crippen LogP contribution in [-0.4, -0.2) is 59.2 Å². The van der Waals surface area contributed by atoms with Gasteiger partial charge in [-0.2, -0.15) is 0 Å². The minimum atomic E-state index is 0.0327. The standard InChI is InChI=1S/C26H31N5O3/c1-33-22-9-7-18(8-10-22)24-17-31(29-28-24)15-21-13-19-11-12-30(21)16-23(19)26(32)27-14-20-5-3-4-6-25(20)34-2/h3-10,17,19,21,23H,11-16H2,1-2H3,(H,27,32)/t19-,21+,23-/m0/s1. The lowest BCUT2D eigenvalue weighted by atomic mass is 9.75. The van der Waals surface area contributed by atoms with E-state index >= 15 is 0 Å². The number of hydrogen-bond donors (Lipinski definition) is 1. The van der Waals surface area contributed by atoms with Gasteiger partial charge in [-0.3, -0.25) is 14.4 Å². The molecule has 2 aromatic carbocycles. The molecule has 34 heavy (non-hydrogen) atoms. The van der Waals surface area contributed by atoms with Gasteiger partial charge in [-0.15, -0.1) is 5.10 Å². The Morgan fingerprint density at radius 2 is 1.94 bits per heavy atom. The zero-order chi connectivity index (χ0) is 23.5. The second-order valence-corrected chi connectivity index (χ2v) is 9.12. The number of fused-ring (bicyclic) bond motifs is 3. The molecule has 0 aliphatic carbocycles. The molecule has 6 rings (SSSR count). The number of carbonyl (C=O) groups excluding carboxylic acids is 1. The van der Waals surface area contributed by atoms with E-state index in [1.165, 1.54) is 0 Å². The SMILES string of the molecule is COc1ccc(-c2cn(C[C@H]3C[C@@H]4CCN3C[C@@H]4C(=O)NCc3ccccc3OC)nn2)cc1. The molecule has 8 heteroatoms. The molecule has 178 valence electrons. The topological polar surface area (TPSA) is 81.5 Å². The smallest absolute Gasteiger partial charge is 0.224 e.